The van der Waals surface area contributed by atoms with Crippen LogP contribution < -0.4 is 5.73 Å². The second-order valence-electron chi connectivity index (χ2n) is 5.08. The van der Waals surface area contributed by atoms with E-state index in [4.69, 9.17) is 10.5 Å². The molecule has 3 nitrogen and oxygen atoms in total. The van der Waals surface area contributed by atoms with Gasteiger partial charge < -0.3 is 10.5 Å². The number of aryl methyl sites for hydroxylation is 2. The predicted octanol–water partition coefficient (Wildman–Crippen LogP) is 3.66. The molecule has 0 bridgehead atoms. The smallest absolute Gasteiger partial charge is 0.350 e. The summed E-state index contributed by atoms with van der Waals surface area (Å²) in [5.74, 6) is -0.364. The zero-order chi connectivity index (χ0) is 14.1. The number of nitrogens with two attached hydrogens (primary N) is 1. The number of benzene rings is 1. The number of nitrogen functional groups attached to an aromatic ring is 1. The van der Waals surface area contributed by atoms with Crippen molar-refractivity contribution in [2.24, 2.45) is 0 Å². The molecule has 0 saturated heterocycles. The molecule has 20 heavy (non-hydrogen) atoms. The largest absolute Gasteiger partial charge is 0.465 e. The summed E-state index contributed by atoms with van der Waals surface area (Å²) in [6.07, 6.45) is 4.87. The van der Waals surface area contributed by atoms with Gasteiger partial charge in [0.25, 0.3) is 0 Å². The van der Waals surface area contributed by atoms with Crippen LogP contribution in [0.3, 0.4) is 0 Å². The summed E-state index contributed by atoms with van der Waals surface area (Å²) in [6.45, 7) is 0. The third kappa shape index (κ3) is 2.31. The maximum atomic E-state index is 11.6. The number of carbonyl (C=O) groups excluding carboxylic acids is 1. The average Bonchev–Trinajstić information content (AvgIpc) is 2.88. The summed E-state index contributed by atoms with van der Waals surface area (Å²) in [6, 6.07) is 8.43. The molecule has 2 N–H and O–H groups in total. The minimum atomic E-state index is -0.364. The molecule has 1 heterocycles. The van der Waals surface area contributed by atoms with E-state index in [0.717, 1.165) is 16.9 Å². The fraction of sp³-hybridized carbons (Fsp3) is 0.312. The molecule has 0 aliphatic heterocycles. The van der Waals surface area contributed by atoms with E-state index in [9.17, 15) is 4.79 Å². The molecule has 2 aromatic rings. The standard InChI is InChI=1S/C16H17NO2S/c1-19-16(18)15-13(17)9-14(20-15)12-7-6-10-4-2-3-5-11(10)8-12/h6-9H,2-5,17H2,1H3. The second kappa shape index (κ2) is 5.29. The highest BCUT2D eigenvalue weighted by molar-refractivity contribution is 7.18. The average molecular weight is 287 g/mol. The Morgan fingerprint density at radius 2 is 1.95 bits per heavy atom. The third-order valence-corrected chi connectivity index (χ3v) is 4.94. The van der Waals surface area contributed by atoms with Crippen LogP contribution in [0.1, 0.15) is 33.6 Å². The summed E-state index contributed by atoms with van der Waals surface area (Å²) in [7, 11) is 1.38. The minimum Gasteiger partial charge on any atom is -0.465 e. The lowest BCUT2D eigenvalue weighted by molar-refractivity contribution is 0.0607. The van der Waals surface area contributed by atoms with Gasteiger partial charge in [0.1, 0.15) is 4.88 Å². The SMILES string of the molecule is COC(=O)c1sc(-c2ccc3c(c2)CCCC3)cc1N. The Bertz CT molecular complexity index is 660. The van der Waals surface area contributed by atoms with E-state index in [1.807, 2.05) is 6.07 Å². The van der Waals surface area contributed by atoms with Crippen molar-refractivity contribution in [1.82, 2.24) is 0 Å². The van der Waals surface area contributed by atoms with Gasteiger partial charge in [-0.15, -0.1) is 11.3 Å². The lowest BCUT2D eigenvalue weighted by Gasteiger charge is -2.16. The van der Waals surface area contributed by atoms with E-state index in [1.54, 1.807) is 0 Å². The molecule has 1 aliphatic rings. The van der Waals surface area contributed by atoms with Crippen LogP contribution in [0, 0.1) is 0 Å². The quantitative estimate of drug-likeness (QED) is 0.858. The maximum absolute atomic E-state index is 11.6. The molecule has 0 amide bonds. The first-order chi connectivity index (χ1) is 9.69. The number of rotatable bonds is 2. The third-order valence-electron chi connectivity index (χ3n) is 3.76. The highest BCUT2D eigenvalue weighted by Gasteiger charge is 2.17. The number of hydrogen-bond donors (Lipinski definition) is 1. The van der Waals surface area contributed by atoms with Crippen LogP contribution in [0.2, 0.25) is 0 Å². The predicted molar refractivity (Wildman–Crippen MR) is 82.1 cm³/mol. The summed E-state index contributed by atoms with van der Waals surface area (Å²) in [5, 5.41) is 0. The van der Waals surface area contributed by atoms with Gasteiger partial charge in [-0.05, 0) is 48.4 Å². The van der Waals surface area contributed by atoms with Crippen molar-refractivity contribution < 1.29 is 9.53 Å². The van der Waals surface area contributed by atoms with Crippen molar-refractivity contribution in [1.29, 1.82) is 0 Å². The normalized spacial score (nSPS) is 13.8. The maximum Gasteiger partial charge on any atom is 0.350 e. The van der Waals surface area contributed by atoms with Gasteiger partial charge in [0.05, 0.1) is 12.8 Å². The number of carbonyl (C=O) groups is 1. The van der Waals surface area contributed by atoms with Gasteiger partial charge in [-0.3, -0.25) is 0 Å². The van der Waals surface area contributed by atoms with Gasteiger partial charge in [0, 0.05) is 4.88 Å². The number of fused-ring (bicyclic) bond motifs is 1. The molecule has 1 aliphatic carbocycles. The highest BCUT2D eigenvalue weighted by atomic mass is 32.1. The molecule has 0 fully saturated rings. The topological polar surface area (TPSA) is 52.3 Å². The van der Waals surface area contributed by atoms with Crippen molar-refractivity contribution in [2.75, 3.05) is 12.8 Å². The number of methoxy groups -OCH3 is 1. The molecule has 1 aromatic heterocycles. The molecular formula is C16H17NO2S. The van der Waals surface area contributed by atoms with Crippen LogP contribution >= 0.6 is 11.3 Å². The Hall–Kier alpha value is -1.81. The first kappa shape index (κ1) is 13.2. The molecule has 3 rings (SSSR count). The van der Waals surface area contributed by atoms with E-state index in [-0.39, 0.29) is 5.97 Å². The minimum absolute atomic E-state index is 0.364. The van der Waals surface area contributed by atoms with Crippen LogP contribution in [0.25, 0.3) is 10.4 Å². The van der Waals surface area contributed by atoms with Crippen molar-refractivity contribution >= 4 is 23.0 Å². The number of esters is 1. The van der Waals surface area contributed by atoms with E-state index in [1.165, 1.54) is 48.8 Å². The van der Waals surface area contributed by atoms with Crippen molar-refractivity contribution in [3.05, 3.63) is 40.3 Å². The Kier molecular flexibility index (Phi) is 3.49. The highest BCUT2D eigenvalue weighted by Crippen LogP contribution is 2.35. The monoisotopic (exact) mass is 287 g/mol. The van der Waals surface area contributed by atoms with Crippen molar-refractivity contribution in [3.8, 4) is 10.4 Å². The van der Waals surface area contributed by atoms with Crippen molar-refractivity contribution in [2.45, 2.75) is 25.7 Å². The molecule has 0 atom stereocenters. The van der Waals surface area contributed by atoms with Crippen LogP contribution in [0.15, 0.2) is 24.3 Å². The molecule has 0 radical (unpaired) electrons. The number of thiophene rings is 1. The van der Waals surface area contributed by atoms with Gasteiger partial charge in [0.15, 0.2) is 0 Å². The van der Waals surface area contributed by atoms with E-state index < -0.39 is 0 Å². The van der Waals surface area contributed by atoms with Crippen LogP contribution in [0.5, 0.6) is 0 Å². The molecule has 0 unspecified atom stereocenters. The lowest BCUT2D eigenvalue weighted by Crippen LogP contribution is -2.01. The van der Waals surface area contributed by atoms with Crippen LogP contribution in [-0.2, 0) is 17.6 Å². The summed E-state index contributed by atoms with van der Waals surface area (Å²) < 4.78 is 4.75. The fourth-order valence-corrected chi connectivity index (χ4v) is 3.68. The van der Waals surface area contributed by atoms with Gasteiger partial charge in [-0.2, -0.15) is 0 Å². The Labute approximate surface area is 122 Å². The van der Waals surface area contributed by atoms with Crippen LogP contribution in [-0.4, -0.2) is 13.1 Å². The first-order valence-electron chi connectivity index (χ1n) is 6.79. The number of anilines is 1. The molecule has 1 aromatic carbocycles. The van der Waals surface area contributed by atoms with Gasteiger partial charge in [-0.1, -0.05) is 18.2 Å². The first-order valence-corrected chi connectivity index (χ1v) is 7.60. The fourth-order valence-electron chi connectivity index (χ4n) is 2.69. The van der Waals surface area contributed by atoms with Gasteiger partial charge in [-0.25, -0.2) is 4.79 Å². The summed E-state index contributed by atoms with van der Waals surface area (Å²) in [4.78, 5) is 13.1. The van der Waals surface area contributed by atoms with Gasteiger partial charge in [0.2, 0.25) is 0 Å². The molecule has 0 spiro atoms. The van der Waals surface area contributed by atoms with Gasteiger partial charge >= 0.3 is 5.97 Å². The van der Waals surface area contributed by atoms with E-state index in [2.05, 4.69) is 18.2 Å². The van der Waals surface area contributed by atoms with Crippen LogP contribution in [0.4, 0.5) is 5.69 Å². The summed E-state index contributed by atoms with van der Waals surface area (Å²) in [5.41, 5.74) is 10.4. The van der Waals surface area contributed by atoms with Crippen molar-refractivity contribution in [3.63, 3.8) is 0 Å². The molecular weight excluding hydrogens is 270 g/mol. The summed E-state index contributed by atoms with van der Waals surface area (Å²) >= 11 is 1.40. The lowest BCUT2D eigenvalue weighted by atomic mass is 9.90. The molecule has 104 valence electrons. The molecule has 4 heteroatoms. The Morgan fingerprint density at radius 1 is 1.20 bits per heavy atom. The van der Waals surface area contributed by atoms with E-state index >= 15 is 0 Å². The Balaban J connectivity index is 1.99. The zero-order valence-corrected chi connectivity index (χ0v) is 12.3. The number of ether oxygens (including phenoxy) is 1. The Morgan fingerprint density at radius 3 is 2.70 bits per heavy atom. The zero-order valence-electron chi connectivity index (χ0n) is 11.4. The second-order valence-corrected chi connectivity index (χ2v) is 6.13. The van der Waals surface area contributed by atoms with E-state index in [0.29, 0.717) is 10.6 Å². The number of hydrogen-bond acceptors (Lipinski definition) is 4. The molecule has 0 saturated carbocycles.